The number of fused-ring (bicyclic) bond motifs is 6. The molecule has 2 amide bonds. The van der Waals surface area contributed by atoms with E-state index in [-0.39, 0.29) is 58.5 Å². The van der Waals surface area contributed by atoms with Crippen LogP contribution in [0, 0.1) is 11.8 Å². The van der Waals surface area contributed by atoms with Gasteiger partial charge in [0.25, 0.3) is 11.8 Å². The minimum atomic E-state index is -5.07. The monoisotopic (exact) mass is 1010 g/mol. The molecule has 2 aliphatic heterocycles. The summed E-state index contributed by atoms with van der Waals surface area (Å²) in [5.74, 6) is -2.20. The first-order valence-electron chi connectivity index (χ1n) is 22.2. The van der Waals surface area contributed by atoms with Crippen LogP contribution in [-0.4, -0.2) is 35.8 Å². The topological polar surface area (TPSA) is 93.2 Å². The molecule has 8 nitrogen and oxygen atoms in total. The molecule has 10 rings (SSSR count). The van der Waals surface area contributed by atoms with E-state index < -0.39 is 82.6 Å². The molecule has 4 aliphatic carbocycles. The summed E-state index contributed by atoms with van der Waals surface area (Å²) in [7, 11) is 0. The second-order valence-electron chi connectivity index (χ2n) is 18.3. The molecule has 20 heteroatoms. The molecule has 0 saturated heterocycles. The first-order valence-corrected chi connectivity index (χ1v) is 22.2. The zero-order valence-corrected chi connectivity index (χ0v) is 37.6. The highest BCUT2D eigenvalue weighted by Crippen LogP contribution is 2.52. The number of hydrogen-bond acceptors (Lipinski definition) is 6. The maximum Gasteiger partial charge on any atom is 0.416 e. The van der Waals surface area contributed by atoms with Crippen molar-refractivity contribution in [2.24, 2.45) is 11.8 Å². The van der Waals surface area contributed by atoms with E-state index in [1.807, 2.05) is 48.5 Å². The first kappa shape index (κ1) is 49.8. The van der Waals surface area contributed by atoms with E-state index in [9.17, 15) is 71.9 Å². The Morgan fingerprint density at radius 3 is 1.11 bits per heavy atom. The average molecular weight is 1010 g/mol. The maximum absolute atomic E-state index is 13.4. The summed E-state index contributed by atoms with van der Waals surface area (Å²) < 4.78 is 172. The van der Waals surface area contributed by atoms with Gasteiger partial charge in [0.2, 0.25) is 0 Å². The van der Waals surface area contributed by atoms with Crippen LogP contribution in [-0.2, 0) is 66.2 Å². The van der Waals surface area contributed by atoms with Crippen molar-refractivity contribution in [1.29, 1.82) is 0 Å². The summed E-state index contributed by atoms with van der Waals surface area (Å²) in [5, 5.41) is 0. The average Bonchev–Trinajstić information content (AvgIpc) is 4.12. The van der Waals surface area contributed by atoms with Gasteiger partial charge >= 0.3 is 24.7 Å². The number of hydrogen-bond donors (Lipinski definition) is 0. The molecule has 2 saturated carbocycles. The Hall–Kier alpha value is -7.12. The summed E-state index contributed by atoms with van der Waals surface area (Å²) in [6.45, 7) is 2.77. The minimum Gasteiger partial charge on any atom is -0.474 e. The van der Waals surface area contributed by atoms with Crippen LogP contribution >= 0.6 is 0 Å². The van der Waals surface area contributed by atoms with Crippen molar-refractivity contribution in [2.45, 2.75) is 88.5 Å². The highest BCUT2D eigenvalue weighted by Gasteiger charge is 2.47. The normalized spacial score (nSPS) is 24.9. The van der Waals surface area contributed by atoms with E-state index in [0.717, 1.165) is 44.9 Å². The lowest BCUT2D eigenvalue weighted by Crippen LogP contribution is -2.36. The third kappa shape index (κ3) is 9.30. The molecule has 0 bridgehead atoms. The summed E-state index contributed by atoms with van der Waals surface area (Å²) in [6, 6.07) is 17.2. The second-order valence-corrected chi connectivity index (χ2v) is 18.3. The van der Waals surface area contributed by atoms with Gasteiger partial charge in [0.15, 0.2) is 24.0 Å². The standard InChI is InChI=1S/2C26H19F6NO3/c2*1-13-6-22(36-12-20-21(34)8-15-7-14-4-2-3-5-19(14)23(15)20)33(24(13)35)18-10-16(25(27,28)29)9-17(11-18)26(30,31)32/h2*2-6,9-12,15,22-23H,7-8H2,1H3/b2*20-12-/t15-,22+,23+;15-,22-,23+/m00/s1. The molecular weight excluding hydrogens is 977 g/mol. The van der Waals surface area contributed by atoms with Crippen molar-refractivity contribution in [3.63, 3.8) is 0 Å². The van der Waals surface area contributed by atoms with Crippen LogP contribution in [0.5, 0.6) is 0 Å². The van der Waals surface area contributed by atoms with Gasteiger partial charge in [-0.15, -0.1) is 0 Å². The molecule has 0 radical (unpaired) electrons. The Morgan fingerprint density at radius 1 is 0.472 bits per heavy atom. The molecule has 0 unspecified atom stereocenters. The molecule has 0 N–H and O–H groups in total. The van der Waals surface area contributed by atoms with Crippen LogP contribution in [0.4, 0.5) is 64.1 Å². The number of ether oxygens (including phenoxy) is 2. The van der Waals surface area contributed by atoms with Crippen LogP contribution in [0.15, 0.2) is 132 Å². The summed E-state index contributed by atoms with van der Waals surface area (Å²) in [4.78, 5) is 52.4. The fraction of sp³-hybridized carbons (Fsp3) is 0.308. The molecule has 6 aliphatic rings. The van der Waals surface area contributed by atoms with Crippen molar-refractivity contribution < 1.29 is 81.3 Å². The van der Waals surface area contributed by atoms with Crippen molar-refractivity contribution in [3.05, 3.63) is 176 Å². The van der Waals surface area contributed by atoms with Crippen molar-refractivity contribution >= 4 is 34.8 Å². The predicted octanol–water partition coefficient (Wildman–Crippen LogP) is 12.3. The molecule has 2 fully saturated rings. The summed E-state index contributed by atoms with van der Waals surface area (Å²) >= 11 is 0. The van der Waals surface area contributed by atoms with Gasteiger partial charge < -0.3 is 9.47 Å². The van der Waals surface area contributed by atoms with Crippen molar-refractivity contribution in [3.8, 4) is 0 Å². The van der Waals surface area contributed by atoms with E-state index in [0.29, 0.717) is 48.3 Å². The largest absolute Gasteiger partial charge is 0.474 e. The number of amides is 2. The summed E-state index contributed by atoms with van der Waals surface area (Å²) in [6.07, 6.45) is -15.9. The van der Waals surface area contributed by atoms with Crippen LogP contribution in [0.2, 0.25) is 0 Å². The van der Waals surface area contributed by atoms with Gasteiger partial charge in [-0.1, -0.05) is 48.5 Å². The second kappa shape index (κ2) is 17.9. The molecule has 4 aromatic carbocycles. The number of rotatable bonds is 6. The number of Topliss-reactive ketones (excluding diaryl/α,β-unsaturated/α-hetero) is 2. The molecule has 6 atom stereocenters. The Morgan fingerprint density at radius 2 is 0.792 bits per heavy atom. The van der Waals surface area contributed by atoms with Gasteiger partial charge in [-0.2, -0.15) is 52.7 Å². The number of allylic oxidation sites excluding steroid dienone is 2. The molecular formula is C52H38F12N2O6. The third-order valence-electron chi connectivity index (χ3n) is 13.7. The quantitative estimate of drug-likeness (QED) is 0.109. The van der Waals surface area contributed by atoms with Gasteiger partial charge in [-0.05, 0) is 109 Å². The Balaban J connectivity index is 0.000000178. The highest BCUT2D eigenvalue weighted by atomic mass is 19.4. The highest BCUT2D eigenvalue weighted by molar-refractivity contribution is 6.09. The Labute approximate surface area is 401 Å². The van der Waals surface area contributed by atoms with Crippen LogP contribution in [0.25, 0.3) is 0 Å². The van der Waals surface area contributed by atoms with E-state index in [1.165, 1.54) is 38.5 Å². The Bertz CT molecular complexity index is 2790. The van der Waals surface area contributed by atoms with Crippen LogP contribution in [0.1, 0.15) is 83.0 Å². The number of halogens is 12. The molecule has 72 heavy (non-hydrogen) atoms. The van der Waals surface area contributed by atoms with Crippen molar-refractivity contribution in [2.75, 3.05) is 9.80 Å². The maximum atomic E-state index is 13.4. The van der Waals surface area contributed by atoms with Crippen molar-refractivity contribution in [1.82, 2.24) is 0 Å². The van der Waals surface area contributed by atoms with Crippen LogP contribution in [0.3, 0.4) is 0 Å². The third-order valence-corrected chi connectivity index (χ3v) is 13.7. The van der Waals surface area contributed by atoms with Gasteiger partial charge in [0.05, 0.1) is 34.8 Å². The van der Waals surface area contributed by atoms with E-state index in [4.69, 9.17) is 9.47 Å². The fourth-order valence-corrected chi connectivity index (χ4v) is 10.4. The number of carbonyl (C=O) groups is 4. The van der Waals surface area contributed by atoms with Gasteiger partial charge in [-0.3, -0.25) is 29.0 Å². The first-order chi connectivity index (χ1) is 33.7. The minimum absolute atomic E-state index is 0.00293. The van der Waals surface area contributed by atoms with E-state index in [2.05, 4.69) is 0 Å². The molecule has 0 spiro atoms. The number of nitrogens with zero attached hydrogens (tertiary/aromatic N) is 2. The van der Waals surface area contributed by atoms with E-state index >= 15 is 0 Å². The number of alkyl halides is 12. The van der Waals surface area contributed by atoms with Gasteiger partial charge in [0, 0.05) is 58.3 Å². The van der Waals surface area contributed by atoms with Gasteiger partial charge in [0.1, 0.15) is 0 Å². The molecule has 4 aromatic rings. The number of ketones is 2. The van der Waals surface area contributed by atoms with Gasteiger partial charge in [-0.25, -0.2) is 0 Å². The smallest absolute Gasteiger partial charge is 0.416 e. The zero-order chi connectivity index (χ0) is 52.0. The van der Waals surface area contributed by atoms with Crippen LogP contribution < -0.4 is 9.80 Å². The summed E-state index contributed by atoms with van der Waals surface area (Å²) in [5.41, 5.74) is -2.27. The lowest BCUT2D eigenvalue weighted by atomic mass is 9.93. The fourth-order valence-electron chi connectivity index (χ4n) is 10.4. The predicted molar refractivity (Wildman–Crippen MR) is 233 cm³/mol. The molecule has 2 heterocycles. The van der Waals surface area contributed by atoms with E-state index in [1.54, 1.807) is 0 Å². The number of carbonyl (C=O) groups excluding carboxylic acids is 4. The zero-order valence-electron chi connectivity index (χ0n) is 37.6. The molecule has 0 aromatic heterocycles. The Kier molecular flexibility index (Phi) is 12.4. The molecule has 376 valence electrons. The lowest BCUT2D eigenvalue weighted by molar-refractivity contribution is -0.144. The SMILES string of the molecule is CC1=C[C@@H](O/C=C2/C(=O)C[C@@H]3Cc4ccccc4[C@H]23)N(c2cc(C(F)(F)F)cc(C(F)(F)F)c2)C1=O.CC1=C[C@H](O/C=C2/C(=O)C[C@@H]3Cc4ccccc4[C@H]23)N(c2cc(C(F)(F)F)cc(C(F)(F)F)c2)C1=O. The lowest BCUT2D eigenvalue weighted by Gasteiger charge is -2.26. The number of anilines is 2. The number of benzene rings is 4.